The quantitative estimate of drug-likeness (QED) is 0.446. The van der Waals surface area contributed by atoms with Crippen molar-refractivity contribution in [2.75, 3.05) is 19.7 Å². The van der Waals surface area contributed by atoms with Crippen LogP contribution in [0, 0.1) is 10.8 Å². The van der Waals surface area contributed by atoms with Gasteiger partial charge in [0.05, 0.1) is 6.54 Å². The smallest absolute Gasteiger partial charge is 0.407 e. The minimum Gasteiger partial charge on any atom is -0.465 e. The van der Waals surface area contributed by atoms with E-state index in [0.717, 1.165) is 0 Å². The van der Waals surface area contributed by atoms with Crippen LogP contribution in [-0.2, 0) is 4.74 Å². The highest BCUT2D eigenvalue weighted by molar-refractivity contribution is 5.67. The summed E-state index contributed by atoms with van der Waals surface area (Å²) in [5.74, 6) is -9.12. The van der Waals surface area contributed by atoms with Gasteiger partial charge in [-0.25, -0.2) is 27.2 Å². The summed E-state index contributed by atoms with van der Waals surface area (Å²) in [6.45, 7) is 0.779. The standard InChI is InChI=1S/C18H26F8N2O4/c1-15(2)4-10(27-13(29)32-9-18(25,26)12(21)22)5-16(3,6-15)7-28(14(30)31)8-17(23,24)11(19)20/h10-12H,4-9H2,1-3H3,(H,27,29)(H,30,31). The second kappa shape index (κ2) is 9.86. The number of alkyl halides is 8. The van der Waals surface area contributed by atoms with Gasteiger partial charge in [-0.05, 0) is 30.1 Å². The second-order valence-corrected chi connectivity index (χ2v) is 9.24. The summed E-state index contributed by atoms with van der Waals surface area (Å²) in [5, 5.41) is 11.5. The molecule has 1 fully saturated rings. The Balaban J connectivity index is 2.90. The predicted octanol–water partition coefficient (Wildman–Crippen LogP) is 5.08. The molecule has 32 heavy (non-hydrogen) atoms. The molecule has 1 rings (SSSR count). The van der Waals surface area contributed by atoms with E-state index in [0.29, 0.717) is 0 Å². The van der Waals surface area contributed by atoms with Crippen LogP contribution in [0.2, 0.25) is 0 Å². The van der Waals surface area contributed by atoms with Gasteiger partial charge in [0.1, 0.15) is 0 Å². The second-order valence-electron chi connectivity index (χ2n) is 9.24. The highest BCUT2D eigenvalue weighted by Gasteiger charge is 2.48. The largest absolute Gasteiger partial charge is 0.465 e. The van der Waals surface area contributed by atoms with Gasteiger partial charge in [0.15, 0.2) is 6.61 Å². The molecular formula is C18H26F8N2O4. The zero-order valence-electron chi connectivity index (χ0n) is 17.6. The molecule has 0 bridgehead atoms. The molecule has 2 unspecified atom stereocenters. The Bertz CT molecular complexity index is 677. The Morgan fingerprint density at radius 3 is 2.06 bits per heavy atom. The lowest BCUT2D eigenvalue weighted by Crippen LogP contribution is -2.53. The molecule has 2 amide bonds. The lowest BCUT2D eigenvalue weighted by Gasteiger charge is -2.48. The Morgan fingerprint density at radius 2 is 1.59 bits per heavy atom. The number of hydrogen-bond donors (Lipinski definition) is 2. The van der Waals surface area contributed by atoms with Crippen LogP contribution in [-0.4, -0.2) is 72.6 Å². The van der Waals surface area contributed by atoms with Crippen molar-refractivity contribution in [3.63, 3.8) is 0 Å². The molecule has 14 heteroatoms. The van der Waals surface area contributed by atoms with Gasteiger partial charge in [0, 0.05) is 12.6 Å². The van der Waals surface area contributed by atoms with E-state index in [4.69, 9.17) is 0 Å². The molecule has 2 N–H and O–H groups in total. The topological polar surface area (TPSA) is 78.9 Å². The summed E-state index contributed by atoms with van der Waals surface area (Å²) < 4.78 is 106. The van der Waals surface area contributed by atoms with Gasteiger partial charge < -0.3 is 20.1 Å². The number of rotatable bonds is 9. The van der Waals surface area contributed by atoms with Crippen LogP contribution >= 0.6 is 0 Å². The highest BCUT2D eigenvalue weighted by atomic mass is 19.3. The molecular weight excluding hydrogens is 460 g/mol. The van der Waals surface area contributed by atoms with Crippen LogP contribution in [0.1, 0.15) is 40.0 Å². The van der Waals surface area contributed by atoms with Gasteiger partial charge in [0.2, 0.25) is 0 Å². The van der Waals surface area contributed by atoms with Crippen molar-refractivity contribution in [3.05, 3.63) is 0 Å². The summed E-state index contributed by atoms with van der Waals surface area (Å²) in [6.07, 6.45) is -10.9. The van der Waals surface area contributed by atoms with E-state index in [1.54, 1.807) is 13.8 Å². The predicted molar refractivity (Wildman–Crippen MR) is 95.5 cm³/mol. The number of hydrogen-bond acceptors (Lipinski definition) is 3. The maximum Gasteiger partial charge on any atom is 0.407 e. The zero-order chi connectivity index (χ0) is 25.1. The molecule has 6 nitrogen and oxygen atoms in total. The third kappa shape index (κ3) is 8.15. The molecule has 2 atom stereocenters. The molecule has 0 aromatic carbocycles. The van der Waals surface area contributed by atoms with Gasteiger partial charge in [-0.2, -0.15) is 17.6 Å². The van der Waals surface area contributed by atoms with E-state index in [1.807, 2.05) is 0 Å². The lowest BCUT2D eigenvalue weighted by atomic mass is 9.62. The molecule has 0 aromatic heterocycles. The Morgan fingerprint density at radius 1 is 1.06 bits per heavy atom. The number of halogens is 8. The number of carboxylic acid groups (broad SMARTS) is 1. The SMILES string of the molecule is CC1(C)CC(NC(=O)OCC(F)(F)C(F)F)CC(C)(CN(CC(F)(F)C(F)F)C(=O)O)C1. The Hall–Kier alpha value is -2.02. The third-order valence-corrected chi connectivity index (χ3v) is 5.04. The van der Waals surface area contributed by atoms with E-state index in [9.17, 15) is 49.8 Å². The number of carbonyl (C=O) groups excluding carboxylic acids is 1. The van der Waals surface area contributed by atoms with Crippen LogP contribution in [0.15, 0.2) is 0 Å². The summed E-state index contributed by atoms with van der Waals surface area (Å²) >= 11 is 0. The first-order valence-electron chi connectivity index (χ1n) is 9.52. The monoisotopic (exact) mass is 486 g/mol. The summed E-state index contributed by atoms with van der Waals surface area (Å²) in [7, 11) is 0. The maximum absolute atomic E-state index is 13.4. The average Bonchev–Trinajstić information content (AvgIpc) is 2.56. The molecule has 0 aromatic rings. The number of nitrogens with zero attached hydrogens (tertiary/aromatic N) is 1. The first-order chi connectivity index (χ1) is 14.3. The van der Waals surface area contributed by atoms with Crippen molar-refractivity contribution < 1.29 is 54.6 Å². The first kappa shape index (κ1) is 28.0. The van der Waals surface area contributed by atoms with Crippen LogP contribution in [0.3, 0.4) is 0 Å². The molecule has 1 aliphatic carbocycles. The van der Waals surface area contributed by atoms with Crippen LogP contribution in [0.5, 0.6) is 0 Å². The minimum atomic E-state index is -4.57. The van der Waals surface area contributed by atoms with Gasteiger partial charge in [-0.1, -0.05) is 20.8 Å². The number of ether oxygens (including phenoxy) is 1. The van der Waals surface area contributed by atoms with E-state index in [2.05, 4.69) is 10.1 Å². The normalized spacial score (nSPS) is 23.8. The molecule has 0 spiro atoms. The molecule has 0 aliphatic heterocycles. The van der Waals surface area contributed by atoms with Crippen molar-refractivity contribution in [1.29, 1.82) is 0 Å². The minimum absolute atomic E-state index is 0.0270. The average molecular weight is 486 g/mol. The highest BCUT2D eigenvalue weighted by Crippen LogP contribution is 2.47. The fourth-order valence-electron chi connectivity index (χ4n) is 4.26. The molecule has 0 radical (unpaired) electrons. The van der Waals surface area contributed by atoms with E-state index < -0.39 is 73.5 Å². The fraction of sp³-hybridized carbons (Fsp3) is 0.889. The van der Waals surface area contributed by atoms with Crippen molar-refractivity contribution in [3.8, 4) is 0 Å². The van der Waals surface area contributed by atoms with Gasteiger partial charge in [-0.3, -0.25) is 0 Å². The Labute approximate surface area is 179 Å². The maximum atomic E-state index is 13.4. The number of amides is 2. The van der Waals surface area contributed by atoms with Gasteiger partial charge >= 0.3 is 36.9 Å². The number of carbonyl (C=O) groups is 2. The zero-order valence-corrected chi connectivity index (χ0v) is 17.6. The lowest BCUT2D eigenvalue weighted by molar-refractivity contribution is -0.154. The van der Waals surface area contributed by atoms with E-state index >= 15 is 0 Å². The van der Waals surface area contributed by atoms with E-state index in [-0.39, 0.29) is 24.2 Å². The summed E-state index contributed by atoms with van der Waals surface area (Å²) in [5.41, 5.74) is -1.67. The van der Waals surface area contributed by atoms with Crippen LogP contribution < -0.4 is 5.32 Å². The van der Waals surface area contributed by atoms with Crippen molar-refractivity contribution in [2.45, 2.75) is 70.8 Å². The van der Waals surface area contributed by atoms with Crippen molar-refractivity contribution in [1.82, 2.24) is 10.2 Å². The van der Waals surface area contributed by atoms with Crippen molar-refractivity contribution >= 4 is 12.2 Å². The molecule has 0 saturated heterocycles. The molecule has 1 aliphatic rings. The summed E-state index contributed by atoms with van der Waals surface area (Å²) in [6, 6.07) is -0.803. The molecule has 1 saturated carbocycles. The van der Waals surface area contributed by atoms with Gasteiger partial charge in [0.25, 0.3) is 0 Å². The van der Waals surface area contributed by atoms with Crippen LogP contribution in [0.25, 0.3) is 0 Å². The van der Waals surface area contributed by atoms with Gasteiger partial charge in [-0.15, -0.1) is 0 Å². The number of nitrogens with one attached hydrogen (secondary N) is 1. The fourth-order valence-corrected chi connectivity index (χ4v) is 4.26. The van der Waals surface area contributed by atoms with E-state index in [1.165, 1.54) is 6.92 Å². The molecule has 0 heterocycles. The number of alkyl carbamates (subject to hydrolysis) is 1. The summed E-state index contributed by atoms with van der Waals surface area (Å²) in [4.78, 5) is 23.4. The first-order valence-corrected chi connectivity index (χ1v) is 9.52. The molecule has 188 valence electrons. The third-order valence-electron chi connectivity index (χ3n) is 5.04. The van der Waals surface area contributed by atoms with Crippen molar-refractivity contribution in [2.24, 2.45) is 10.8 Å². The Kier molecular flexibility index (Phi) is 8.63. The van der Waals surface area contributed by atoms with Crippen LogP contribution in [0.4, 0.5) is 44.7 Å².